The zero-order chi connectivity index (χ0) is 12.3. The van der Waals surface area contributed by atoms with Crippen molar-refractivity contribution < 1.29 is 9.53 Å². The van der Waals surface area contributed by atoms with Gasteiger partial charge in [-0.05, 0) is 18.2 Å². The summed E-state index contributed by atoms with van der Waals surface area (Å²) < 4.78 is 6.61. The van der Waals surface area contributed by atoms with Crippen molar-refractivity contribution in [2.75, 3.05) is 13.2 Å². The highest BCUT2D eigenvalue weighted by atomic mass is 79.9. The van der Waals surface area contributed by atoms with Crippen LogP contribution in [0.3, 0.4) is 0 Å². The first-order valence-corrected chi connectivity index (χ1v) is 6.40. The van der Waals surface area contributed by atoms with E-state index in [4.69, 9.17) is 10.5 Å². The summed E-state index contributed by atoms with van der Waals surface area (Å²) >= 11 is 3.45. The molecular formula is C12H15BrN2O2. The molecular weight excluding hydrogens is 284 g/mol. The van der Waals surface area contributed by atoms with Crippen molar-refractivity contribution >= 4 is 21.8 Å². The maximum atomic E-state index is 10.7. The third-order valence-corrected chi connectivity index (χ3v) is 3.27. The number of rotatable bonds is 4. The van der Waals surface area contributed by atoms with E-state index < -0.39 is 0 Å². The Morgan fingerprint density at radius 3 is 3.18 bits per heavy atom. The molecule has 1 aromatic carbocycles. The zero-order valence-corrected chi connectivity index (χ0v) is 11.0. The Kier molecular flexibility index (Phi) is 4.02. The lowest BCUT2D eigenvalue weighted by molar-refractivity contribution is -0.117. The highest BCUT2D eigenvalue weighted by Crippen LogP contribution is 2.33. The van der Waals surface area contributed by atoms with E-state index in [1.54, 1.807) is 0 Å². The van der Waals surface area contributed by atoms with Gasteiger partial charge in [0.05, 0.1) is 6.61 Å². The first-order chi connectivity index (χ1) is 8.16. The lowest BCUT2D eigenvalue weighted by Gasteiger charge is -2.26. The number of carbonyl (C=O) groups is 1. The minimum absolute atomic E-state index is 0.232. The number of nitrogens with one attached hydrogen (secondary N) is 1. The molecule has 1 heterocycles. The number of fused-ring (bicyclic) bond motifs is 1. The normalized spacial score (nSPS) is 18.3. The summed E-state index contributed by atoms with van der Waals surface area (Å²) in [6.45, 7) is 1.30. The molecule has 0 radical (unpaired) electrons. The summed E-state index contributed by atoms with van der Waals surface area (Å²) in [5.41, 5.74) is 6.25. The van der Waals surface area contributed by atoms with Crippen LogP contribution in [0.1, 0.15) is 24.4 Å². The van der Waals surface area contributed by atoms with E-state index in [9.17, 15) is 4.79 Å². The summed E-state index contributed by atoms with van der Waals surface area (Å²) in [5.74, 6) is 0.634. The van der Waals surface area contributed by atoms with Crippen LogP contribution in [0.2, 0.25) is 0 Å². The Morgan fingerprint density at radius 2 is 2.41 bits per heavy atom. The van der Waals surface area contributed by atoms with Gasteiger partial charge in [-0.1, -0.05) is 15.9 Å². The second-order valence-corrected chi connectivity index (χ2v) is 4.96. The van der Waals surface area contributed by atoms with Crippen LogP contribution in [0.15, 0.2) is 22.7 Å². The van der Waals surface area contributed by atoms with E-state index in [-0.39, 0.29) is 11.9 Å². The Morgan fingerprint density at radius 1 is 1.59 bits per heavy atom. The van der Waals surface area contributed by atoms with E-state index in [0.29, 0.717) is 19.6 Å². The van der Waals surface area contributed by atoms with Crippen LogP contribution >= 0.6 is 15.9 Å². The van der Waals surface area contributed by atoms with Gasteiger partial charge in [0, 0.05) is 35.5 Å². The number of carbonyl (C=O) groups excluding carboxylic acids is 1. The number of nitrogens with two attached hydrogens (primary N) is 1. The highest BCUT2D eigenvalue weighted by Gasteiger charge is 2.21. The minimum Gasteiger partial charge on any atom is -0.493 e. The second-order valence-electron chi connectivity index (χ2n) is 4.04. The molecule has 0 spiro atoms. The molecule has 1 amide bonds. The zero-order valence-electron chi connectivity index (χ0n) is 9.41. The smallest absolute Gasteiger partial charge is 0.218 e. The van der Waals surface area contributed by atoms with Crippen molar-refractivity contribution in [1.29, 1.82) is 0 Å². The number of hydrogen-bond donors (Lipinski definition) is 2. The van der Waals surface area contributed by atoms with Crippen molar-refractivity contribution in [3.8, 4) is 5.75 Å². The molecule has 0 aromatic heterocycles. The minimum atomic E-state index is -0.279. The number of hydrogen-bond acceptors (Lipinski definition) is 3. The van der Waals surface area contributed by atoms with E-state index in [1.165, 1.54) is 0 Å². The Bertz CT molecular complexity index is 423. The van der Waals surface area contributed by atoms with Crippen molar-refractivity contribution in [2.45, 2.75) is 18.9 Å². The SMILES string of the molecule is NC(=O)CCNC1CCOc2ccc(Br)cc21. The van der Waals surface area contributed by atoms with Crippen LogP contribution in [-0.4, -0.2) is 19.1 Å². The van der Waals surface area contributed by atoms with Crippen LogP contribution in [0.25, 0.3) is 0 Å². The lowest BCUT2D eigenvalue weighted by Crippen LogP contribution is -2.30. The van der Waals surface area contributed by atoms with Gasteiger partial charge in [0.15, 0.2) is 0 Å². The van der Waals surface area contributed by atoms with Gasteiger partial charge >= 0.3 is 0 Å². The van der Waals surface area contributed by atoms with E-state index >= 15 is 0 Å². The average Bonchev–Trinajstić information content (AvgIpc) is 2.29. The van der Waals surface area contributed by atoms with E-state index in [0.717, 1.165) is 22.2 Å². The van der Waals surface area contributed by atoms with Gasteiger partial charge in [0.2, 0.25) is 5.91 Å². The predicted octanol–water partition coefficient (Wildman–Crippen LogP) is 1.74. The molecule has 0 fully saturated rings. The fraction of sp³-hybridized carbons (Fsp3) is 0.417. The number of primary amides is 1. The van der Waals surface area contributed by atoms with Crippen LogP contribution in [-0.2, 0) is 4.79 Å². The maximum Gasteiger partial charge on any atom is 0.218 e. The predicted molar refractivity (Wildman–Crippen MR) is 68.8 cm³/mol. The van der Waals surface area contributed by atoms with E-state index in [1.807, 2.05) is 12.1 Å². The summed E-state index contributed by atoms with van der Waals surface area (Å²) in [4.78, 5) is 10.7. The molecule has 0 aliphatic carbocycles. The van der Waals surface area contributed by atoms with Gasteiger partial charge in [-0.15, -0.1) is 0 Å². The number of benzene rings is 1. The van der Waals surface area contributed by atoms with Gasteiger partial charge in [-0.3, -0.25) is 4.79 Å². The molecule has 5 heteroatoms. The standard InChI is InChI=1S/C12H15BrN2O2/c13-8-1-2-11-9(7-8)10(4-6-17-11)15-5-3-12(14)16/h1-2,7,10,15H,3-6H2,(H2,14,16). The van der Waals surface area contributed by atoms with Gasteiger partial charge < -0.3 is 15.8 Å². The molecule has 4 nitrogen and oxygen atoms in total. The first kappa shape index (κ1) is 12.4. The molecule has 1 aromatic rings. The summed E-state index contributed by atoms with van der Waals surface area (Å²) in [5, 5.41) is 3.33. The van der Waals surface area contributed by atoms with Crippen LogP contribution in [0, 0.1) is 0 Å². The summed E-state index contributed by atoms with van der Waals surface area (Å²) in [6.07, 6.45) is 1.27. The highest BCUT2D eigenvalue weighted by molar-refractivity contribution is 9.10. The molecule has 1 unspecified atom stereocenters. The molecule has 0 bridgehead atoms. The molecule has 0 saturated heterocycles. The largest absolute Gasteiger partial charge is 0.493 e. The lowest BCUT2D eigenvalue weighted by atomic mass is 10.0. The topological polar surface area (TPSA) is 64.4 Å². The fourth-order valence-corrected chi connectivity index (χ4v) is 2.33. The molecule has 17 heavy (non-hydrogen) atoms. The Hall–Kier alpha value is -1.07. The van der Waals surface area contributed by atoms with Gasteiger partial charge in [0.25, 0.3) is 0 Å². The number of halogens is 1. The quantitative estimate of drug-likeness (QED) is 0.890. The molecule has 92 valence electrons. The van der Waals surface area contributed by atoms with Crippen LogP contribution in [0.5, 0.6) is 5.75 Å². The molecule has 0 saturated carbocycles. The van der Waals surface area contributed by atoms with Crippen molar-refractivity contribution in [3.05, 3.63) is 28.2 Å². The van der Waals surface area contributed by atoms with Crippen molar-refractivity contribution in [2.24, 2.45) is 5.73 Å². The van der Waals surface area contributed by atoms with Crippen molar-refractivity contribution in [1.82, 2.24) is 5.32 Å². The first-order valence-electron chi connectivity index (χ1n) is 5.61. The maximum absolute atomic E-state index is 10.7. The third-order valence-electron chi connectivity index (χ3n) is 2.77. The summed E-state index contributed by atoms with van der Waals surface area (Å²) in [6, 6.07) is 6.21. The molecule has 1 aliphatic rings. The Balaban J connectivity index is 2.05. The van der Waals surface area contributed by atoms with Crippen molar-refractivity contribution in [3.63, 3.8) is 0 Å². The van der Waals surface area contributed by atoms with E-state index in [2.05, 4.69) is 27.3 Å². The van der Waals surface area contributed by atoms with Gasteiger partial charge in [-0.25, -0.2) is 0 Å². The molecule has 1 atom stereocenters. The number of amides is 1. The van der Waals surface area contributed by atoms with Gasteiger partial charge in [0.1, 0.15) is 5.75 Å². The molecule has 2 rings (SSSR count). The fourth-order valence-electron chi connectivity index (χ4n) is 1.95. The number of ether oxygens (including phenoxy) is 1. The summed E-state index contributed by atoms with van der Waals surface area (Å²) in [7, 11) is 0. The Labute approximate surface area is 109 Å². The third kappa shape index (κ3) is 3.20. The second kappa shape index (κ2) is 5.51. The molecule has 1 aliphatic heterocycles. The molecule has 3 N–H and O–H groups in total. The monoisotopic (exact) mass is 298 g/mol. The van der Waals surface area contributed by atoms with Crippen LogP contribution < -0.4 is 15.8 Å². The van der Waals surface area contributed by atoms with Gasteiger partial charge in [-0.2, -0.15) is 0 Å². The average molecular weight is 299 g/mol. The van der Waals surface area contributed by atoms with Crippen LogP contribution in [0.4, 0.5) is 0 Å².